The molecule has 0 unspecified atom stereocenters. The van der Waals surface area contributed by atoms with Gasteiger partial charge in [0.25, 0.3) is 0 Å². The van der Waals surface area contributed by atoms with Gasteiger partial charge >= 0.3 is 5.97 Å². The molecular weight excluding hydrogens is 296 g/mol. The van der Waals surface area contributed by atoms with Crippen LogP contribution in [0, 0.1) is 17.0 Å². The predicted molar refractivity (Wildman–Crippen MR) is 75.1 cm³/mol. The molecule has 6 nitrogen and oxygen atoms in total. The molecule has 5 N–H and O–H groups in total. The van der Waals surface area contributed by atoms with Gasteiger partial charge in [0, 0.05) is 5.70 Å². The summed E-state index contributed by atoms with van der Waals surface area (Å²) >= 11 is 0. The third-order valence-electron chi connectivity index (χ3n) is 2.74. The van der Waals surface area contributed by atoms with Gasteiger partial charge in [0.15, 0.2) is 6.61 Å². The molecule has 0 saturated carbocycles. The second kappa shape index (κ2) is 7.30. The number of ketones is 1. The highest BCUT2D eigenvalue weighted by atomic mass is 19.1. The molecule has 1 rings (SSSR count). The molecule has 0 aliphatic heterocycles. The summed E-state index contributed by atoms with van der Waals surface area (Å²) in [5.41, 5.74) is 9.91. The summed E-state index contributed by atoms with van der Waals surface area (Å²) < 4.78 is 31.1. The van der Waals surface area contributed by atoms with Crippen molar-refractivity contribution in [1.82, 2.24) is 0 Å². The van der Waals surface area contributed by atoms with Gasteiger partial charge in [-0.3, -0.25) is 10.2 Å². The van der Waals surface area contributed by atoms with Gasteiger partial charge in [-0.05, 0) is 24.6 Å². The van der Waals surface area contributed by atoms with Crippen molar-refractivity contribution in [3.8, 4) is 0 Å². The Morgan fingerprint density at radius 2 is 1.91 bits per heavy atom. The fourth-order valence-corrected chi connectivity index (χ4v) is 1.58. The van der Waals surface area contributed by atoms with Gasteiger partial charge in [-0.15, -0.1) is 0 Å². The first-order valence-corrected chi connectivity index (χ1v) is 6.26. The number of nitrogens with two attached hydrogens (primary N) is 2. The summed E-state index contributed by atoms with van der Waals surface area (Å²) in [4.78, 5) is 23.5. The Morgan fingerprint density at radius 1 is 1.27 bits per heavy atom. The maximum atomic E-state index is 13.4. The molecule has 0 aliphatic carbocycles. The summed E-state index contributed by atoms with van der Waals surface area (Å²) in [5.74, 6) is -4.33. The minimum atomic E-state index is -1.07. The number of benzene rings is 1. The number of hydrogen-bond donors (Lipinski definition) is 3. The Morgan fingerprint density at radius 3 is 2.45 bits per heavy atom. The van der Waals surface area contributed by atoms with Crippen molar-refractivity contribution in [2.45, 2.75) is 13.3 Å². The number of Topliss-reactive ketones (excluding diaryl/α,β-unsaturated/α-hetero) is 1. The van der Waals surface area contributed by atoms with Gasteiger partial charge in [-0.2, -0.15) is 0 Å². The zero-order valence-electron chi connectivity index (χ0n) is 11.8. The van der Waals surface area contributed by atoms with E-state index in [0.717, 1.165) is 12.1 Å². The highest BCUT2D eigenvalue weighted by Crippen LogP contribution is 2.11. The number of amidine groups is 1. The molecule has 0 fully saturated rings. The first-order chi connectivity index (χ1) is 10.3. The van der Waals surface area contributed by atoms with Crippen LogP contribution in [-0.2, 0) is 9.53 Å². The van der Waals surface area contributed by atoms with Crippen molar-refractivity contribution in [3.63, 3.8) is 0 Å². The molecule has 0 aromatic heterocycles. The van der Waals surface area contributed by atoms with Crippen molar-refractivity contribution in [2.75, 3.05) is 6.61 Å². The largest absolute Gasteiger partial charge is 0.454 e. The topological polar surface area (TPSA) is 119 Å². The molecule has 0 radical (unpaired) electrons. The van der Waals surface area contributed by atoms with Crippen LogP contribution in [0.25, 0.3) is 0 Å². The second-order valence-electron chi connectivity index (χ2n) is 4.29. The molecule has 0 heterocycles. The molecule has 8 heteroatoms. The number of esters is 1. The summed E-state index contributed by atoms with van der Waals surface area (Å²) in [5, 5.41) is 7.27. The molecule has 118 valence electrons. The number of carbonyl (C=O) groups excluding carboxylic acids is 2. The van der Waals surface area contributed by atoms with Gasteiger partial charge in [-0.25, -0.2) is 13.6 Å². The van der Waals surface area contributed by atoms with Crippen molar-refractivity contribution in [2.24, 2.45) is 11.5 Å². The van der Waals surface area contributed by atoms with Gasteiger partial charge in [0.2, 0.25) is 5.78 Å². The Balaban J connectivity index is 2.85. The highest BCUT2D eigenvalue weighted by Gasteiger charge is 2.20. The zero-order chi connectivity index (χ0) is 16.9. The average Bonchev–Trinajstić information content (AvgIpc) is 2.46. The number of allylic oxidation sites excluding steroid dienone is 1. The van der Waals surface area contributed by atoms with Gasteiger partial charge in [-0.1, -0.05) is 6.92 Å². The maximum absolute atomic E-state index is 13.4. The lowest BCUT2D eigenvalue weighted by atomic mass is 10.1. The Labute approximate surface area is 125 Å². The minimum Gasteiger partial charge on any atom is -0.454 e. The Bertz CT molecular complexity index is 657. The number of hydrogen-bond acceptors (Lipinski definition) is 5. The predicted octanol–water partition coefficient (Wildman–Crippen LogP) is 1.25. The van der Waals surface area contributed by atoms with E-state index in [2.05, 4.69) is 4.74 Å². The van der Waals surface area contributed by atoms with E-state index in [1.54, 1.807) is 6.92 Å². The van der Waals surface area contributed by atoms with Crippen LogP contribution in [-0.4, -0.2) is 24.2 Å². The van der Waals surface area contributed by atoms with Crippen LogP contribution in [0.1, 0.15) is 23.7 Å². The lowest BCUT2D eigenvalue weighted by Crippen LogP contribution is -2.27. The second-order valence-corrected chi connectivity index (χ2v) is 4.29. The van der Waals surface area contributed by atoms with E-state index < -0.39 is 41.4 Å². The normalized spacial score (nSPS) is 11.6. The molecule has 0 spiro atoms. The Hall–Kier alpha value is -2.77. The quantitative estimate of drug-likeness (QED) is 0.240. The monoisotopic (exact) mass is 311 g/mol. The van der Waals surface area contributed by atoms with Crippen molar-refractivity contribution in [3.05, 3.63) is 46.7 Å². The van der Waals surface area contributed by atoms with Crippen LogP contribution in [0.15, 0.2) is 29.5 Å². The molecular formula is C14H15F2N3O3. The maximum Gasteiger partial charge on any atom is 0.344 e. The number of rotatable bonds is 6. The van der Waals surface area contributed by atoms with Gasteiger partial charge < -0.3 is 16.2 Å². The highest BCUT2D eigenvalue weighted by molar-refractivity contribution is 6.17. The van der Waals surface area contributed by atoms with Crippen LogP contribution in [0.4, 0.5) is 8.78 Å². The van der Waals surface area contributed by atoms with E-state index in [-0.39, 0.29) is 17.7 Å². The molecule has 0 amide bonds. The molecule has 1 aromatic rings. The molecule has 0 aliphatic rings. The molecule has 1 aromatic carbocycles. The summed E-state index contributed by atoms with van der Waals surface area (Å²) in [6, 6.07) is 2.35. The molecule has 0 atom stereocenters. The summed E-state index contributed by atoms with van der Waals surface area (Å²) in [7, 11) is 0. The molecule has 0 bridgehead atoms. The van der Waals surface area contributed by atoms with E-state index in [9.17, 15) is 18.4 Å². The number of nitrogens with one attached hydrogen (secondary N) is 1. The lowest BCUT2D eigenvalue weighted by molar-refractivity contribution is -0.137. The van der Waals surface area contributed by atoms with Gasteiger partial charge in [0.1, 0.15) is 23.0 Å². The lowest BCUT2D eigenvalue weighted by Gasteiger charge is -2.09. The first-order valence-electron chi connectivity index (χ1n) is 6.26. The standard InChI is InChI=1S/C14H15F2N3O3/c1-2-10(17)12(13(18)19)14(21)22-6-11(20)8-5-7(15)3-4-9(8)16/h3-5H,2,6,17H2,1H3,(H3,18,19). The Kier molecular flexibility index (Phi) is 5.73. The summed E-state index contributed by atoms with van der Waals surface area (Å²) in [6.45, 7) is 0.811. The first kappa shape index (κ1) is 17.3. The smallest absolute Gasteiger partial charge is 0.344 e. The van der Waals surface area contributed by atoms with E-state index in [1.807, 2.05) is 0 Å². The third kappa shape index (κ3) is 4.11. The molecule has 22 heavy (non-hydrogen) atoms. The summed E-state index contributed by atoms with van der Waals surface area (Å²) in [6.07, 6.45) is 0.247. The van der Waals surface area contributed by atoms with Crippen LogP contribution in [0.2, 0.25) is 0 Å². The fraction of sp³-hybridized carbons (Fsp3) is 0.214. The van der Waals surface area contributed by atoms with E-state index in [1.165, 1.54) is 0 Å². The van der Waals surface area contributed by atoms with Crippen molar-refractivity contribution < 1.29 is 23.1 Å². The van der Waals surface area contributed by atoms with E-state index >= 15 is 0 Å². The van der Waals surface area contributed by atoms with Crippen LogP contribution < -0.4 is 11.5 Å². The van der Waals surface area contributed by atoms with Gasteiger partial charge in [0.05, 0.1) is 5.56 Å². The van der Waals surface area contributed by atoms with E-state index in [0.29, 0.717) is 6.07 Å². The number of carbonyl (C=O) groups is 2. The van der Waals surface area contributed by atoms with Crippen molar-refractivity contribution >= 4 is 17.6 Å². The third-order valence-corrected chi connectivity index (χ3v) is 2.74. The number of ether oxygens (including phenoxy) is 1. The van der Waals surface area contributed by atoms with Crippen LogP contribution in [0.3, 0.4) is 0 Å². The minimum absolute atomic E-state index is 0.0295. The average molecular weight is 311 g/mol. The van der Waals surface area contributed by atoms with Crippen LogP contribution in [0.5, 0.6) is 0 Å². The van der Waals surface area contributed by atoms with E-state index in [4.69, 9.17) is 16.9 Å². The van der Waals surface area contributed by atoms with Crippen molar-refractivity contribution in [1.29, 1.82) is 5.41 Å². The SMILES string of the molecule is CCC(N)=C(C(=N)N)C(=O)OCC(=O)c1cc(F)ccc1F. The van der Waals surface area contributed by atoms with Crippen LogP contribution >= 0.6 is 0 Å². The number of halogens is 2. The zero-order valence-corrected chi connectivity index (χ0v) is 11.8. The fourth-order valence-electron chi connectivity index (χ4n) is 1.58. The molecule has 0 saturated heterocycles.